The third-order valence-electron chi connectivity index (χ3n) is 5.13. The van der Waals surface area contributed by atoms with Gasteiger partial charge in [0.05, 0.1) is 6.61 Å². The van der Waals surface area contributed by atoms with E-state index in [2.05, 4.69) is 27.8 Å². The Morgan fingerprint density at radius 1 is 1.10 bits per heavy atom. The van der Waals surface area contributed by atoms with Crippen molar-refractivity contribution in [2.24, 2.45) is 4.99 Å². The summed E-state index contributed by atoms with van der Waals surface area (Å²) in [5.41, 5.74) is 1.24. The highest BCUT2D eigenvalue weighted by atomic mass is 19.1. The first-order chi connectivity index (χ1) is 14.7. The minimum atomic E-state index is -0.521. The van der Waals surface area contributed by atoms with E-state index in [1.807, 2.05) is 18.2 Å². The lowest BCUT2D eigenvalue weighted by atomic mass is 10.2. The van der Waals surface area contributed by atoms with Crippen LogP contribution in [-0.2, 0) is 11.3 Å². The fraction of sp³-hybridized carbons (Fsp3) is 0.435. The first-order valence-electron chi connectivity index (χ1n) is 10.4. The molecule has 0 amide bonds. The van der Waals surface area contributed by atoms with Crippen LogP contribution in [0.5, 0.6) is 0 Å². The van der Waals surface area contributed by atoms with Gasteiger partial charge in [0.2, 0.25) is 0 Å². The predicted octanol–water partition coefficient (Wildman–Crippen LogP) is 3.71. The molecule has 1 fully saturated rings. The molecule has 162 valence electrons. The molecule has 1 heterocycles. The number of para-hydroxylation sites is 1. The topological polar surface area (TPSA) is 48.9 Å². The molecule has 2 aromatic carbocycles. The van der Waals surface area contributed by atoms with E-state index in [0.29, 0.717) is 32.3 Å². The Kier molecular flexibility index (Phi) is 8.44. The molecule has 2 N–H and O–H groups in total. The van der Waals surface area contributed by atoms with E-state index in [0.717, 1.165) is 25.8 Å². The molecule has 1 aliphatic rings. The summed E-state index contributed by atoms with van der Waals surface area (Å²) in [4.78, 5) is 6.00. The largest absolute Gasteiger partial charge is 0.377 e. The van der Waals surface area contributed by atoms with Gasteiger partial charge in [-0.2, -0.15) is 0 Å². The fourth-order valence-corrected chi connectivity index (χ4v) is 3.56. The summed E-state index contributed by atoms with van der Waals surface area (Å²) in [6.45, 7) is 3.27. The number of anilines is 1. The van der Waals surface area contributed by atoms with Gasteiger partial charge in [-0.3, -0.25) is 4.99 Å². The zero-order chi connectivity index (χ0) is 21.2. The fourth-order valence-electron chi connectivity index (χ4n) is 3.56. The molecular formula is C23H30F2N4O. The van der Waals surface area contributed by atoms with E-state index in [1.54, 1.807) is 11.9 Å². The number of unbranched alkanes of at least 4 members (excludes halogenated alkanes) is 1. The standard InChI is InChI=1S/C23H30F2N4O/c1-26-23(27-13-5-6-15-30-17-18-8-3-2-4-9-18)28-19-12-14-29(16-19)22-20(24)10-7-11-21(22)25/h2-4,7-11,19H,5-6,12-17H2,1H3,(H2,26,27,28). The van der Waals surface area contributed by atoms with Crippen molar-refractivity contribution in [2.75, 3.05) is 38.2 Å². The van der Waals surface area contributed by atoms with Gasteiger partial charge in [0.1, 0.15) is 17.3 Å². The molecule has 0 saturated carbocycles. The van der Waals surface area contributed by atoms with Crippen molar-refractivity contribution < 1.29 is 13.5 Å². The summed E-state index contributed by atoms with van der Waals surface area (Å²) in [6.07, 6.45) is 2.72. The number of benzene rings is 2. The zero-order valence-corrected chi connectivity index (χ0v) is 17.4. The summed E-state index contributed by atoms with van der Waals surface area (Å²) in [6, 6.07) is 14.2. The number of hydrogen-bond donors (Lipinski definition) is 2. The van der Waals surface area contributed by atoms with E-state index in [1.165, 1.54) is 23.8 Å². The molecule has 7 heteroatoms. The number of nitrogens with one attached hydrogen (secondary N) is 2. The van der Waals surface area contributed by atoms with Crippen LogP contribution in [0, 0.1) is 11.6 Å². The lowest BCUT2D eigenvalue weighted by Gasteiger charge is -2.21. The van der Waals surface area contributed by atoms with E-state index >= 15 is 0 Å². The van der Waals surface area contributed by atoms with Crippen molar-refractivity contribution >= 4 is 11.6 Å². The van der Waals surface area contributed by atoms with E-state index in [9.17, 15) is 8.78 Å². The van der Waals surface area contributed by atoms with Crippen molar-refractivity contribution in [3.05, 3.63) is 65.7 Å². The van der Waals surface area contributed by atoms with Gasteiger partial charge in [-0.05, 0) is 37.0 Å². The molecule has 1 atom stereocenters. The third-order valence-corrected chi connectivity index (χ3v) is 5.13. The number of hydrogen-bond acceptors (Lipinski definition) is 3. The summed E-state index contributed by atoms with van der Waals surface area (Å²) in [5, 5.41) is 6.65. The molecule has 2 aromatic rings. The van der Waals surface area contributed by atoms with Gasteiger partial charge < -0.3 is 20.3 Å². The Labute approximate surface area is 177 Å². The summed E-state index contributed by atoms with van der Waals surface area (Å²) < 4.78 is 33.7. The third kappa shape index (κ3) is 6.42. The number of ether oxygens (including phenoxy) is 1. The maximum absolute atomic E-state index is 14.0. The zero-order valence-electron chi connectivity index (χ0n) is 17.4. The van der Waals surface area contributed by atoms with Crippen LogP contribution in [0.15, 0.2) is 53.5 Å². The van der Waals surface area contributed by atoms with Crippen molar-refractivity contribution in [3.63, 3.8) is 0 Å². The number of nitrogens with zero attached hydrogens (tertiary/aromatic N) is 2. The van der Waals surface area contributed by atoms with Crippen LogP contribution < -0.4 is 15.5 Å². The van der Waals surface area contributed by atoms with Crippen LogP contribution in [0.25, 0.3) is 0 Å². The van der Waals surface area contributed by atoms with Crippen LogP contribution in [0.1, 0.15) is 24.8 Å². The smallest absolute Gasteiger partial charge is 0.191 e. The molecule has 0 bridgehead atoms. The Balaban J connectivity index is 1.32. The van der Waals surface area contributed by atoms with Gasteiger partial charge in [-0.15, -0.1) is 0 Å². The quantitative estimate of drug-likeness (QED) is 0.372. The van der Waals surface area contributed by atoms with Crippen LogP contribution in [0.4, 0.5) is 14.5 Å². The minimum Gasteiger partial charge on any atom is -0.377 e. The molecule has 0 aliphatic carbocycles. The Morgan fingerprint density at radius 3 is 2.60 bits per heavy atom. The Bertz CT molecular complexity index is 796. The van der Waals surface area contributed by atoms with Crippen LogP contribution in [-0.4, -0.2) is 45.3 Å². The molecule has 1 aliphatic heterocycles. The molecule has 5 nitrogen and oxygen atoms in total. The second-order valence-electron chi connectivity index (χ2n) is 7.39. The van der Waals surface area contributed by atoms with Crippen molar-refractivity contribution in [1.29, 1.82) is 0 Å². The molecule has 3 rings (SSSR count). The first-order valence-corrected chi connectivity index (χ1v) is 10.4. The minimum absolute atomic E-state index is 0.0558. The predicted molar refractivity (Wildman–Crippen MR) is 117 cm³/mol. The van der Waals surface area contributed by atoms with Crippen molar-refractivity contribution in [1.82, 2.24) is 10.6 Å². The van der Waals surface area contributed by atoms with Gasteiger partial charge in [-0.1, -0.05) is 36.4 Å². The van der Waals surface area contributed by atoms with Gasteiger partial charge in [0, 0.05) is 39.3 Å². The van der Waals surface area contributed by atoms with Crippen LogP contribution in [0.2, 0.25) is 0 Å². The summed E-state index contributed by atoms with van der Waals surface area (Å²) >= 11 is 0. The highest BCUT2D eigenvalue weighted by molar-refractivity contribution is 5.80. The lowest BCUT2D eigenvalue weighted by molar-refractivity contribution is 0.117. The molecule has 0 aromatic heterocycles. The van der Waals surface area contributed by atoms with Crippen molar-refractivity contribution in [3.8, 4) is 0 Å². The molecule has 0 spiro atoms. The number of halogens is 2. The first kappa shape index (κ1) is 22.0. The maximum Gasteiger partial charge on any atom is 0.191 e. The van der Waals surface area contributed by atoms with E-state index in [-0.39, 0.29) is 11.7 Å². The second-order valence-corrected chi connectivity index (χ2v) is 7.39. The average Bonchev–Trinajstić information content (AvgIpc) is 3.20. The molecule has 30 heavy (non-hydrogen) atoms. The van der Waals surface area contributed by atoms with Gasteiger partial charge in [0.25, 0.3) is 0 Å². The van der Waals surface area contributed by atoms with E-state index in [4.69, 9.17) is 4.74 Å². The maximum atomic E-state index is 14.0. The Hall–Kier alpha value is -2.67. The molecular weight excluding hydrogens is 386 g/mol. The van der Waals surface area contributed by atoms with E-state index < -0.39 is 11.6 Å². The Morgan fingerprint density at radius 2 is 1.87 bits per heavy atom. The highest BCUT2D eigenvalue weighted by Crippen LogP contribution is 2.26. The number of aliphatic imine (C=N–C) groups is 1. The summed E-state index contributed by atoms with van der Waals surface area (Å²) in [7, 11) is 1.72. The van der Waals surface area contributed by atoms with Crippen LogP contribution in [0.3, 0.4) is 0 Å². The monoisotopic (exact) mass is 416 g/mol. The van der Waals surface area contributed by atoms with Gasteiger partial charge in [0.15, 0.2) is 5.96 Å². The van der Waals surface area contributed by atoms with Crippen molar-refractivity contribution in [2.45, 2.75) is 31.9 Å². The van der Waals surface area contributed by atoms with Crippen LogP contribution >= 0.6 is 0 Å². The second kappa shape index (κ2) is 11.5. The number of guanidine groups is 1. The highest BCUT2D eigenvalue weighted by Gasteiger charge is 2.27. The van der Waals surface area contributed by atoms with Gasteiger partial charge in [-0.25, -0.2) is 8.78 Å². The summed E-state index contributed by atoms with van der Waals surface area (Å²) in [5.74, 6) is -0.332. The molecule has 1 saturated heterocycles. The SMILES string of the molecule is CN=C(NCCCCOCc1ccccc1)NC1CCN(c2c(F)cccc2F)C1. The molecule has 0 radical (unpaired) electrons. The normalized spacial score (nSPS) is 16.7. The molecule has 1 unspecified atom stereocenters. The van der Waals surface area contributed by atoms with Gasteiger partial charge >= 0.3 is 0 Å². The lowest BCUT2D eigenvalue weighted by Crippen LogP contribution is -2.45. The number of rotatable bonds is 9. The average molecular weight is 417 g/mol.